The van der Waals surface area contributed by atoms with Crippen molar-refractivity contribution in [3.05, 3.63) is 53.8 Å². The highest BCUT2D eigenvalue weighted by Crippen LogP contribution is 2.29. The van der Waals surface area contributed by atoms with Crippen LogP contribution in [-0.2, 0) is 14.8 Å². The predicted molar refractivity (Wildman–Crippen MR) is 99.3 cm³/mol. The second-order valence-electron chi connectivity index (χ2n) is 6.18. The van der Waals surface area contributed by atoms with Gasteiger partial charge in [0.2, 0.25) is 0 Å². The van der Waals surface area contributed by atoms with E-state index in [1.807, 2.05) is 31.2 Å². The van der Waals surface area contributed by atoms with Crippen LogP contribution in [0, 0.1) is 0 Å². The number of methoxy groups -OCH3 is 1. The molecule has 1 amide bonds. The Labute approximate surface area is 153 Å². The number of para-hydroxylation sites is 1. The van der Waals surface area contributed by atoms with E-state index >= 15 is 0 Å². The highest BCUT2D eigenvalue weighted by molar-refractivity contribution is 7.90. The fourth-order valence-electron chi connectivity index (χ4n) is 2.93. The molecule has 0 radical (unpaired) electrons. The fourth-order valence-corrected chi connectivity index (χ4v) is 3.90. The normalized spacial score (nSPS) is 19.1. The van der Waals surface area contributed by atoms with Crippen molar-refractivity contribution in [2.24, 2.45) is 4.40 Å². The molecule has 2 aliphatic rings. The Morgan fingerprint density at radius 1 is 1.31 bits per heavy atom. The number of carbonyl (C=O) groups excluding carboxylic acids is 1. The number of sulfonamides is 1. The molecule has 0 aliphatic carbocycles. The first-order valence-electron chi connectivity index (χ1n) is 8.21. The third kappa shape index (κ3) is 3.50. The third-order valence-electron chi connectivity index (χ3n) is 4.56. The molecule has 1 atom stereocenters. The van der Waals surface area contributed by atoms with Crippen LogP contribution in [0.3, 0.4) is 0 Å². The monoisotopic (exact) mass is 375 g/mol. The minimum absolute atomic E-state index is 0.0598. The summed E-state index contributed by atoms with van der Waals surface area (Å²) in [7, 11) is -0.0711. The first-order chi connectivity index (χ1) is 12.3. The van der Waals surface area contributed by atoms with Crippen LogP contribution in [0.15, 0.2) is 52.6 Å². The standard InChI is InChI=1S/C18H21N3O4S/c1-13(15-6-4-5-7-16(15)25-3)20(2)18(22)14-8-9-17-19-26(23,24)11-10-21(17)12-14/h4-9,12-13H,10-11H2,1-3H3. The van der Waals surface area contributed by atoms with Gasteiger partial charge in [0.05, 0.1) is 24.5 Å². The van der Waals surface area contributed by atoms with Crippen LogP contribution in [0.2, 0.25) is 0 Å². The highest BCUT2D eigenvalue weighted by atomic mass is 32.2. The van der Waals surface area contributed by atoms with Gasteiger partial charge in [-0.2, -0.15) is 0 Å². The lowest BCUT2D eigenvalue weighted by Gasteiger charge is -2.30. The lowest BCUT2D eigenvalue weighted by atomic mass is 10.0. The summed E-state index contributed by atoms with van der Waals surface area (Å²) in [6.45, 7) is 2.22. The summed E-state index contributed by atoms with van der Waals surface area (Å²) < 4.78 is 32.3. The average molecular weight is 375 g/mol. The van der Waals surface area contributed by atoms with Gasteiger partial charge in [0.1, 0.15) is 11.6 Å². The molecule has 1 unspecified atom stereocenters. The molecule has 2 heterocycles. The molecular formula is C18H21N3O4S. The lowest BCUT2D eigenvalue weighted by molar-refractivity contribution is -0.127. The van der Waals surface area contributed by atoms with Gasteiger partial charge in [0.25, 0.3) is 15.9 Å². The van der Waals surface area contributed by atoms with E-state index in [1.54, 1.807) is 42.3 Å². The van der Waals surface area contributed by atoms with E-state index in [9.17, 15) is 13.2 Å². The van der Waals surface area contributed by atoms with Gasteiger partial charge >= 0.3 is 0 Å². The van der Waals surface area contributed by atoms with Gasteiger partial charge in [-0.05, 0) is 25.1 Å². The molecule has 2 aliphatic heterocycles. The molecule has 0 bridgehead atoms. The van der Waals surface area contributed by atoms with Crippen LogP contribution in [0.1, 0.15) is 18.5 Å². The fraction of sp³-hybridized carbons (Fsp3) is 0.333. The summed E-state index contributed by atoms with van der Waals surface area (Å²) in [4.78, 5) is 16.2. The Hall–Kier alpha value is -2.61. The van der Waals surface area contributed by atoms with Crippen molar-refractivity contribution in [2.75, 3.05) is 26.5 Å². The second-order valence-corrected chi connectivity index (χ2v) is 7.94. The number of carbonyl (C=O) groups is 1. The van der Waals surface area contributed by atoms with E-state index in [1.165, 1.54) is 0 Å². The van der Waals surface area contributed by atoms with Gasteiger partial charge in [0, 0.05) is 25.4 Å². The molecule has 26 heavy (non-hydrogen) atoms. The van der Waals surface area contributed by atoms with Gasteiger partial charge in [0.15, 0.2) is 0 Å². The molecule has 0 saturated heterocycles. The second kappa shape index (κ2) is 6.95. The maximum atomic E-state index is 12.9. The Bertz CT molecular complexity index is 918. The molecule has 0 aromatic heterocycles. The zero-order valence-corrected chi connectivity index (χ0v) is 15.7. The van der Waals surface area contributed by atoms with Gasteiger partial charge in [-0.15, -0.1) is 4.40 Å². The molecule has 8 heteroatoms. The predicted octanol–water partition coefficient (Wildman–Crippen LogP) is 1.71. The van der Waals surface area contributed by atoms with Gasteiger partial charge < -0.3 is 14.5 Å². The Morgan fingerprint density at radius 2 is 2.04 bits per heavy atom. The largest absolute Gasteiger partial charge is 0.496 e. The van der Waals surface area contributed by atoms with E-state index in [0.29, 0.717) is 11.4 Å². The van der Waals surface area contributed by atoms with E-state index in [2.05, 4.69) is 4.40 Å². The molecule has 7 nitrogen and oxygen atoms in total. The Kier molecular flexibility index (Phi) is 4.86. The number of ether oxygens (including phenoxy) is 1. The van der Waals surface area contributed by atoms with E-state index < -0.39 is 10.0 Å². The number of hydrogen-bond acceptors (Lipinski definition) is 5. The molecule has 0 fully saturated rings. The van der Waals surface area contributed by atoms with Crippen LogP contribution >= 0.6 is 0 Å². The third-order valence-corrected chi connectivity index (χ3v) is 5.72. The highest BCUT2D eigenvalue weighted by Gasteiger charge is 2.27. The van der Waals surface area contributed by atoms with Gasteiger partial charge in [-0.3, -0.25) is 4.79 Å². The van der Waals surface area contributed by atoms with E-state index in [0.717, 1.165) is 11.3 Å². The van der Waals surface area contributed by atoms with Crippen LogP contribution in [-0.4, -0.2) is 56.4 Å². The van der Waals surface area contributed by atoms with Crippen LogP contribution in [0.5, 0.6) is 5.75 Å². The van der Waals surface area contributed by atoms with Gasteiger partial charge in [-0.1, -0.05) is 18.2 Å². The topological polar surface area (TPSA) is 79.3 Å². The van der Waals surface area contributed by atoms with Crippen molar-refractivity contribution >= 4 is 21.8 Å². The van der Waals surface area contributed by atoms with Gasteiger partial charge in [-0.25, -0.2) is 8.42 Å². The molecular weight excluding hydrogens is 354 g/mol. The molecule has 0 saturated carbocycles. The number of likely N-dealkylation sites (N-methyl/N-ethyl adjacent to an activating group) is 1. The summed E-state index contributed by atoms with van der Waals surface area (Å²) in [5.74, 6) is 0.847. The summed E-state index contributed by atoms with van der Waals surface area (Å²) >= 11 is 0. The first kappa shape index (κ1) is 18.2. The van der Waals surface area contributed by atoms with Crippen molar-refractivity contribution < 1.29 is 17.9 Å². The maximum Gasteiger partial charge on any atom is 0.256 e. The van der Waals surface area contributed by atoms with Crippen molar-refractivity contribution in [1.29, 1.82) is 0 Å². The summed E-state index contributed by atoms with van der Waals surface area (Å²) in [6, 6.07) is 7.39. The van der Waals surface area contributed by atoms with E-state index in [-0.39, 0.29) is 24.2 Å². The number of nitrogens with zero attached hydrogens (tertiary/aromatic N) is 3. The SMILES string of the molecule is COc1ccccc1C(C)N(C)C(=O)C1=CN2CCS(=O)(=O)N=C2C=C1. The Morgan fingerprint density at radius 3 is 2.77 bits per heavy atom. The zero-order valence-electron chi connectivity index (χ0n) is 14.9. The summed E-state index contributed by atoms with van der Waals surface area (Å²) in [5, 5.41) is 0. The molecule has 3 rings (SSSR count). The Balaban J connectivity index is 1.82. The number of rotatable bonds is 4. The van der Waals surface area contributed by atoms with Crippen molar-refractivity contribution in [1.82, 2.24) is 9.80 Å². The summed E-state index contributed by atoms with van der Waals surface area (Å²) in [6.07, 6.45) is 4.82. The zero-order chi connectivity index (χ0) is 18.9. The average Bonchev–Trinajstić information content (AvgIpc) is 2.65. The number of benzene rings is 1. The lowest BCUT2D eigenvalue weighted by Crippen LogP contribution is -2.38. The quantitative estimate of drug-likeness (QED) is 0.800. The van der Waals surface area contributed by atoms with Crippen LogP contribution in [0.4, 0.5) is 0 Å². The first-order valence-corrected chi connectivity index (χ1v) is 9.82. The van der Waals surface area contributed by atoms with Crippen molar-refractivity contribution in [2.45, 2.75) is 13.0 Å². The molecule has 1 aromatic carbocycles. The minimum atomic E-state index is -3.41. The maximum absolute atomic E-state index is 12.9. The minimum Gasteiger partial charge on any atom is -0.496 e. The van der Waals surface area contributed by atoms with Crippen molar-refractivity contribution in [3.63, 3.8) is 0 Å². The smallest absolute Gasteiger partial charge is 0.256 e. The molecule has 0 N–H and O–H groups in total. The van der Waals surface area contributed by atoms with Crippen molar-refractivity contribution in [3.8, 4) is 5.75 Å². The number of fused-ring (bicyclic) bond motifs is 1. The number of amidine groups is 1. The number of hydrogen-bond donors (Lipinski definition) is 0. The molecule has 1 aromatic rings. The molecule has 138 valence electrons. The summed E-state index contributed by atoms with van der Waals surface area (Å²) in [5.41, 5.74) is 1.39. The van der Waals surface area contributed by atoms with Crippen LogP contribution < -0.4 is 4.74 Å². The van der Waals surface area contributed by atoms with Crippen LogP contribution in [0.25, 0.3) is 0 Å². The van der Waals surface area contributed by atoms with E-state index in [4.69, 9.17) is 4.74 Å². The molecule has 0 spiro atoms. The number of amides is 1.